The van der Waals surface area contributed by atoms with Crippen LogP contribution in [0.1, 0.15) is 39.1 Å². The van der Waals surface area contributed by atoms with E-state index in [0.717, 1.165) is 24.5 Å². The van der Waals surface area contributed by atoms with E-state index in [1.807, 2.05) is 6.92 Å². The van der Waals surface area contributed by atoms with E-state index in [9.17, 15) is 0 Å². The first-order chi connectivity index (χ1) is 7.52. The Hall–Kier alpha value is -0.900. The molecule has 0 saturated heterocycles. The first kappa shape index (κ1) is 13.2. The van der Waals surface area contributed by atoms with Crippen molar-refractivity contribution >= 4 is 0 Å². The van der Waals surface area contributed by atoms with Crippen molar-refractivity contribution in [1.29, 1.82) is 0 Å². The largest absolute Gasteiger partial charge is 0.311 e. The molecule has 1 aromatic heterocycles. The average molecular weight is 225 g/mol. The van der Waals surface area contributed by atoms with Gasteiger partial charge in [-0.15, -0.1) is 0 Å². The number of nitrogens with one attached hydrogen (secondary N) is 1. The van der Waals surface area contributed by atoms with Crippen molar-refractivity contribution in [1.82, 2.24) is 15.6 Å². The average Bonchev–Trinajstić information content (AvgIpc) is 2.57. The fraction of sp³-hybridized carbons (Fsp3) is 0.833. The third-order valence-corrected chi connectivity index (χ3v) is 3.13. The lowest BCUT2D eigenvalue weighted by Crippen LogP contribution is -2.29. The van der Waals surface area contributed by atoms with Crippen molar-refractivity contribution in [2.75, 3.05) is 6.54 Å². The van der Waals surface area contributed by atoms with Crippen LogP contribution in [0.5, 0.6) is 0 Å². The third-order valence-electron chi connectivity index (χ3n) is 3.13. The van der Waals surface area contributed by atoms with E-state index in [2.05, 4.69) is 48.0 Å². The summed E-state index contributed by atoms with van der Waals surface area (Å²) in [5.41, 5.74) is 1.78. The van der Waals surface area contributed by atoms with Gasteiger partial charge >= 0.3 is 0 Å². The standard InChI is InChI=1S/C12H23N3O/c1-8(2)11(9(3)4)6-13-7-12-10(5)14-16-15-12/h8-9,11,13H,6-7H2,1-5H3. The lowest BCUT2D eigenvalue weighted by Gasteiger charge is -2.24. The highest BCUT2D eigenvalue weighted by Crippen LogP contribution is 2.19. The highest BCUT2D eigenvalue weighted by Gasteiger charge is 2.17. The Labute approximate surface area is 97.8 Å². The van der Waals surface area contributed by atoms with Gasteiger partial charge in [0.2, 0.25) is 0 Å². The van der Waals surface area contributed by atoms with Crippen LogP contribution in [0.15, 0.2) is 4.63 Å². The maximum atomic E-state index is 4.66. The van der Waals surface area contributed by atoms with Gasteiger partial charge in [0.05, 0.1) is 0 Å². The molecule has 1 N–H and O–H groups in total. The first-order valence-corrected chi connectivity index (χ1v) is 6.01. The Bertz CT molecular complexity index is 299. The van der Waals surface area contributed by atoms with E-state index >= 15 is 0 Å². The zero-order valence-electron chi connectivity index (χ0n) is 10.9. The molecule has 0 bridgehead atoms. The van der Waals surface area contributed by atoms with Crippen molar-refractivity contribution < 1.29 is 4.63 Å². The molecule has 4 nitrogen and oxygen atoms in total. The van der Waals surface area contributed by atoms with Gasteiger partial charge in [0, 0.05) is 6.54 Å². The molecular formula is C12H23N3O. The molecule has 1 rings (SSSR count). The minimum absolute atomic E-state index is 0.695. The van der Waals surface area contributed by atoms with Crippen LogP contribution in [0.2, 0.25) is 0 Å². The maximum Gasteiger partial charge on any atom is 0.121 e. The number of aromatic nitrogens is 2. The Kier molecular flexibility index (Phi) is 4.93. The van der Waals surface area contributed by atoms with Gasteiger partial charge in [-0.1, -0.05) is 38.0 Å². The smallest absolute Gasteiger partial charge is 0.121 e. The summed E-state index contributed by atoms with van der Waals surface area (Å²) in [5, 5.41) is 11.0. The molecule has 1 aromatic rings. The van der Waals surface area contributed by atoms with Crippen LogP contribution >= 0.6 is 0 Å². The maximum absolute atomic E-state index is 4.66. The van der Waals surface area contributed by atoms with Crippen LogP contribution in [-0.4, -0.2) is 16.9 Å². The van der Waals surface area contributed by atoms with E-state index in [1.54, 1.807) is 0 Å². The minimum Gasteiger partial charge on any atom is -0.311 e. The molecule has 1 heterocycles. The molecule has 0 radical (unpaired) electrons. The molecule has 92 valence electrons. The summed E-state index contributed by atoms with van der Waals surface area (Å²) < 4.78 is 4.66. The predicted molar refractivity (Wildman–Crippen MR) is 63.9 cm³/mol. The molecule has 0 saturated carbocycles. The van der Waals surface area contributed by atoms with Gasteiger partial charge in [-0.3, -0.25) is 0 Å². The Morgan fingerprint density at radius 1 is 1.12 bits per heavy atom. The molecule has 0 spiro atoms. The Morgan fingerprint density at radius 2 is 1.75 bits per heavy atom. The minimum atomic E-state index is 0.695. The SMILES string of the molecule is Cc1nonc1CNCC(C(C)C)C(C)C. The molecule has 4 heteroatoms. The predicted octanol–water partition coefficient (Wildman–Crippen LogP) is 2.40. The van der Waals surface area contributed by atoms with Gasteiger partial charge in [0.1, 0.15) is 11.4 Å². The number of hydrogen-bond donors (Lipinski definition) is 1. The highest BCUT2D eigenvalue weighted by molar-refractivity contribution is 5.03. The lowest BCUT2D eigenvalue weighted by molar-refractivity contribution is 0.272. The molecular weight excluding hydrogens is 202 g/mol. The molecule has 0 atom stereocenters. The van der Waals surface area contributed by atoms with E-state index in [4.69, 9.17) is 0 Å². The molecule has 0 aliphatic heterocycles. The van der Waals surface area contributed by atoms with E-state index in [1.165, 1.54) is 0 Å². The van der Waals surface area contributed by atoms with Gasteiger partial charge in [0.15, 0.2) is 0 Å². The quantitative estimate of drug-likeness (QED) is 0.807. The molecule has 0 aliphatic carbocycles. The van der Waals surface area contributed by atoms with Gasteiger partial charge in [0.25, 0.3) is 0 Å². The van der Waals surface area contributed by atoms with Crippen LogP contribution in [0, 0.1) is 24.7 Å². The molecule has 0 aliphatic rings. The fourth-order valence-electron chi connectivity index (χ4n) is 2.01. The van der Waals surface area contributed by atoms with E-state index in [-0.39, 0.29) is 0 Å². The number of hydrogen-bond acceptors (Lipinski definition) is 4. The zero-order chi connectivity index (χ0) is 12.1. The summed E-state index contributed by atoms with van der Waals surface area (Å²) in [6.45, 7) is 12.8. The van der Waals surface area contributed by atoms with Gasteiger partial charge in [-0.25, -0.2) is 4.63 Å². The zero-order valence-corrected chi connectivity index (χ0v) is 10.9. The van der Waals surface area contributed by atoms with Crippen LogP contribution in [0.4, 0.5) is 0 Å². The van der Waals surface area contributed by atoms with Crippen LogP contribution in [0.25, 0.3) is 0 Å². The van der Waals surface area contributed by atoms with Gasteiger partial charge in [-0.2, -0.15) is 0 Å². The second-order valence-corrected chi connectivity index (χ2v) is 5.08. The lowest BCUT2D eigenvalue weighted by atomic mass is 9.85. The highest BCUT2D eigenvalue weighted by atomic mass is 16.6. The molecule has 0 amide bonds. The number of rotatable bonds is 6. The molecule has 0 unspecified atom stereocenters. The topological polar surface area (TPSA) is 51.0 Å². The molecule has 0 fully saturated rings. The monoisotopic (exact) mass is 225 g/mol. The summed E-state index contributed by atoms with van der Waals surface area (Å²) in [4.78, 5) is 0. The van der Waals surface area contributed by atoms with Crippen LogP contribution < -0.4 is 5.32 Å². The summed E-state index contributed by atoms with van der Waals surface area (Å²) in [7, 11) is 0. The molecule has 16 heavy (non-hydrogen) atoms. The van der Waals surface area contributed by atoms with Crippen molar-refractivity contribution in [3.63, 3.8) is 0 Å². The molecule has 0 aromatic carbocycles. The Balaban J connectivity index is 2.37. The summed E-state index contributed by atoms with van der Waals surface area (Å²) in [6, 6.07) is 0. The number of nitrogens with zero attached hydrogens (tertiary/aromatic N) is 2. The van der Waals surface area contributed by atoms with E-state index in [0.29, 0.717) is 17.8 Å². The summed E-state index contributed by atoms with van der Waals surface area (Å²) in [5.74, 6) is 2.09. The fourth-order valence-corrected chi connectivity index (χ4v) is 2.01. The van der Waals surface area contributed by atoms with Gasteiger partial charge in [-0.05, 0) is 31.2 Å². The first-order valence-electron chi connectivity index (χ1n) is 6.01. The van der Waals surface area contributed by atoms with Crippen molar-refractivity contribution in [3.8, 4) is 0 Å². The van der Waals surface area contributed by atoms with Gasteiger partial charge < -0.3 is 5.32 Å². The van der Waals surface area contributed by atoms with Crippen LogP contribution in [-0.2, 0) is 6.54 Å². The summed E-state index contributed by atoms with van der Waals surface area (Å²) >= 11 is 0. The third kappa shape index (κ3) is 3.59. The Morgan fingerprint density at radius 3 is 2.19 bits per heavy atom. The van der Waals surface area contributed by atoms with Crippen molar-refractivity contribution in [2.24, 2.45) is 17.8 Å². The van der Waals surface area contributed by atoms with Crippen molar-refractivity contribution in [3.05, 3.63) is 11.4 Å². The van der Waals surface area contributed by atoms with Crippen LogP contribution in [0.3, 0.4) is 0 Å². The second-order valence-electron chi connectivity index (χ2n) is 5.08. The summed E-state index contributed by atoms with van der Waals surface area (Å²) in [6.07, 6.45) is 0. The van der Waals surface area contributed by atoms with Crippen molar-refractivity contribution in [2.45, 2.75) is 41.2 Å². The van der Waals surface area contributed by atoms with E-state index < -0.39 is 0 Å². The second kappa shape index (κ2) is 5.99. The number of aryl methyl sites for hydroxylation is 1. The normalized spacial score (nSPS) is 12.0.